The smallest absolute Gasteiger partial charge is 0.0155 e. The molecule has 0 heteroatoms. The Labute approximate surface area is 87.0 Å². The molecule has 0 unspecified atom stereocenters. The van der Waals surface area contributed by atoms with Gasteiger partial charge in [-0.15, -0.1) is 0 Å². The largest absolute Gasteiger partial charge is 0.0984 e. The first-order valence-corrected chi connectivity index (χ1v) is 5.20. The van der Waals surface area contributed by atoms with Gasteiger partial charge in [0.25, 0.3) is 0 Å². The highest BCUT2D eigenvalue weighted by molar-refractivity contribution is 5.67. The van der Waals surface area contributed by atoms with Crippen molar-refractivity contribution in [1.29, 1.82) is 0 Å². The van der Waals surface area contributed by atoms with E-state index < -0.39 is 0 Å². The first kappa shape index (κ1) is 10.8. The van der Waals surface area contributed by atoms with Gasteiger partial charge in [0, 0.05) is 0 Å². The number of rotatable bonds is 4. The summed E-state index contributed by atoms with van der Waals surface area (Å²) in [6, 6.07) is 6.42. The molecule has 1 rings (SSSR count). The highest BCUT2D eigenvalue weighted by Gasteiger charge is 2.01. The van der Waals surface area contributed by atoms with Gasteiger partial charge >= 0.3 is 0 Å². The topological polar surface area (TPSA) is 0 Å². The molecule has 0 aromatic heterocycles. The summed E-state index contributed by atoms with van der Waals surface area (Å²) < 4.78 is 0. The molecule has 0 radical (unpaired) electrons. The van der Waals surface area contributed by atoms with Crippen molar-refractivity contribution in [1.82, 2.24) is 0 Å². The van der Waals surface area contributed by atoms with Gasteiger partial charge in [-0.05, 0) is 30.0 Å². The average Bonchev–Trinajstić information content (AvgIpc) is 2.21. The van der Waals surface area contributed by atoms with Crippen LogP contribution in [0.1, 0.15) is 37.0 Å². The molecule has 0 aliphatic carbocycles. The maximum atomic E-state index is 3.84. The molecule has 0 spiro atoms. The molecule has 0 saturated heterocycles. The third kappa shape index (κ3) is 2.35. The van der Waals surface area contributed by atoms with Gasteiger partial charge in [0.15, 0.2) is 0 Å². The molecule has 0 atom stereocenters. The van der Waals surface area contributed by atoms with Crippen molar-refractivity contribution in [3.8, 4) is 0 Å². The van der Waals surface area contributed by atoms with E-state index in [4.69, 9.17) is 0 Å². The Morgan fingerprint density at radius 3 is 2.71 bits per heavy atom. The summed E-state index contributed by atoms with van der Waals surface area (Å²) in [7, 11) is 0. The van der Waals surface area contributed by atoms with E-state index in [0.29, 0.717) is 0 Å². The van der Waals surface area contributed by atoms with Crippen LogP contribution in [-0.4, -0.2) is 0 Å². The monoisotopic (exact) mass is 186 g/mol. The van der Waals surface area contributed by atoms with Crippen LogP contribution >= 0.6 is 0 Å². The lowest BCUT2D eigenvalue weighted by molar-refractivity contribution is 0.919. The summed E-state index contributed by atoms with van der Waals surface area (Å²) >= 11 is 0. The minimum atomic E-state index is 1.14. The summed E-state index contributed by atoms with van der Waals surface area (Å²) in [6.45, 7) is 8.10. The molecule has 1 aromatic rings. The standard InChI is InChI=1S/C14H18/c1-4-8-13-11-7-10-12(6-3)14(13)9-5-2/h5-7,9-11H,3-4,8H2,1-2H3/b9-5-. The minimum Gasteiger partial charge on any atom is -0.0984 e. The minimum absolute atomic E-state index is 1.14. The Kier molecular flexibility index (Phi) is 4.18. The molecule has 0 aliphatic rings. The second-order valence-corrected chi connectivity index (χ2v) is 3.37. The fourth-order valence-corrected chi connectivity index (χ4v) is 1.67. The Morgan fingerprint density at radius 1 is 1.36 bits per heavy atom. The van der Waals surface area contributed by atoms with Crippen LogP contribution in [0.4, 0.5) is 0 Å². The fraction of sp³-hybridized carbons (Fsp3) is 0.286. The molecule has 0 amide bonds. The summed E-state index contributed by atoms with van der Waals surface area (Å²) in [5, 5.41) is 0. The van der Waals surface area contributed by atoms with Gasteiger partial charge in [-0.25, -0.2) is 0 Å². The molecule has 0 nitrogen and oxygen atoms in total. The van der Waals surface area contributed by atoms with E-state index in [-0.39, 0.29) is 0 Å². The van der Waals surface area contributed by atoms with Crippen LogP contribution in [-0.2, 0) is 6.42 Å². The van der Waals surface area contributed by atoms with Gasteiger partial charge in [0.05, 0.1) is 0 Å². The summed E-state index contributed by atoms with van der Waals surface area (Å²) in [5.41, 5.74) is 3.98. The van der Waals surface area contributed by atoms with Crippen LogP contribution in [0.2, 0.25) is 0 Å². The maximum Gasteiger partial charge on any atom is -0.0155 e. The van der Waals surface area contributed by atoms with Crippen molar-refractivity contribution in [3.63, 3.8) is 0 Å². The van der Waals surface area contributed by atoms with Gasteiger partial charge in [-0.1, -0.05) is 56.4 Å². The normalized spacial score (nSPS) is 10.7. The predicted molar refractivity (Wildman–Crippen MR) is 65.2 cm³/mol. The molecule has 74 valence electrons. The highest BCUT2D eigenvalue weighted by atomic mass is 14.1. The molecule has 0 heterocycles. The van der Waals surface area contributed by atoms with Crippen molar-refractivity contribution in [2.75, 3.05) is 0 Å². The third-order valence-electron chi connectivity index (χ3n) is 2.30. The molecular formula is C14H18. The van der Waals surface area contributed by atoms with Crippen LogP contribution in [0.3, 0.4) is 0 Å². The van der Waals surface area contributed by atoms with Gasteiger partial charge in [-0.3, -0.25) is 0 Å². The zero-order valence-corrected chi connectivity index (χ0v) is 9.09. The fourth-order valence-electron chi connectivity index (χ4n) is 1.67. The molecule has 0 bridgehead atoms. The van der Waals surface area contributed by atoms with E-state index in [1.807, 2.05) is 6.08 Å². The second kappa shape index (κ2) is 5.43. The third-order valence-corrected chi connectivity index (χ3v) is 2.30. The second-order valence-electron chi connectivity index (χ2n) is 3.37. The van der Waals surface area contributed by atoms with Crippen LogP contribution in [0, 0.1) is 0 Å². The molecule has 1 aromatic carbocycles. The lowest BCUT2D eigenvalue weighted by atomic mass is 9.97. The van der Waals surface area contributed by atoms with Crippen molar-refractivity contribution in [2.24, 2.45) is 0 Å². The molecule has 0 saturated carbocycles. The van der Waals surface area contributed by atoms with Gasteiger partial charge < -0.3 is 0 Å². The van der Waals surface area contributed by atoms with Crippen molar-refractivity contribution >= 4 is 12.2 Å². The van der Waals surface area contributed by atoms with Crippen molar-refractivity contribution in [2.45, 2.75) is 26.7 Å². The van der Waals surface area contributed by atoms with E-state index in [1.54, 1.807) is 0 Å². The van der Waals surface area contributed by atoms with E-state index in [2.05, 4.69) is 50.8 Å². The van der Waals surface area contributed by atoms with Crippen molar-refractivity contribution < 1.29 is 0 Å². The quantitative estimate of drug-likeness (QED) is 0.657. The number of aryl methyl sites for hydroxylation is 1. The Balaban J connectivity index is 3.20. The van der Waals surface area contributed by atoms with Crippen LogP contribution < -0.4 is 0 Å². The Morgan fingerprint density at radius 2 is 2.14 bits per heavy atom. The summed E-state index contributed by atoms with van der Waals surface area (Å²) in [6.07, 6.45) is 8.50. The first-order chi connectivity index (χ1) is 6.83. The number of hydrogen-bond acceptors (Lipinski definition) is 0. The predicted octanol–water partition coefficient (Wildman–Crippen LogP) is 4.32. The number of allylic oxidation sites excluding steroid dienone is 1. The zero-order valence-electron chi connectivity index (χ0n) is 9.09. The van der Waals surface area contributed by atoms with Crippen LogP contribution in [0.15, 0.2) is 30.9 Å². The van der Waals surface area contributed by atoms with E-state index in [0.717, 1.165) is 6.42 Å². The van der Waals surface area contributed by atoms with Crippen LogP contribution in [0.25, 0.3) is 12.2 Å². The SMILES string of the molecule is C=Cc1cccc(CCC)c1/C=C\C. The van der Waals surface area contributed by atoms with E-state index >= 15 is 0 Å². The van der Waals surface area contributed by atoms with Crippen molar-refractivity contribution in [3.05, 3.63) is 47.5 Å². The molecule has 14 heavy (non-hydrogen) atoms. The Bertz CT molecular complexity index is 332. The van der Waals surface area contributed by atoms with Gasteiger partial charge in [0.1, 0.15) is 0 Å². The first-order valence-electron chi connectivity index (χ1n) is 5.20. The Hall–Kier alpha value is -1.30. The van der Waals surface area contributed by atoms with Gasteiger partial charge in [0.2, 0.25) is 0 Å². The van der Waals surface area contributed by atoms with Crippen LogP contribution in [0.5, 0.6) is 0 Å². The van der Waals surface area contributed by atoms with Gasteiger partial charge in [-0.2, -0.15) is 0 Å². The van der Waals surface area contributed by atoms with E-state index in [1.165, 1.54) is 23.1 Å². The lowest BCUT2D eigenvalue weighted by Gasteiger charge is -2.08. The summed E-state index contributed by atoms with van der Waals surface area (Å²) in [5.74, 6) is 0. The lowest BCUT2D eigenvalue weighted by Crippen LogP contribution is -1.91. The molecular weight excluding hydrogens is 168 g/mol. The summed E-state index contributed by atoms with van der Waals surface area (Å²) in [4.78, 5) is 0. The molecule has 0 aliphatic heterocycles. The molecule has 0 fully saturated rings. The highest BCUT2D eigenvalue weighted by Crippen LogP contribution is 2.19. The average molecular weight is 186 g/mol. The van der Waals surface area contributed by atoms with E-state index in [9.17, 15) is 0 Å². The molecule has 0 N–H and O–H groups in total. The number of benzene rings is 1. The maximum absolute atomic E-state index is 3.84. The number of hydrogen-bond donors (Lipinski definition) is 0. The zero-order chi connectivity index (χ0) is 10.4.